The van der Waals surface area contributed by atoms with Gasteiger partial charge in [0.05, 0.1) is 13.8 Å². The SMILES string of the molecule is [2H]C(C)(c1ccccc1)c1cccc2c1oc1c(-c3ccc([Si](C)(C)C)cn3)cccc12. The van der Waals surface area contributed by atoms with E-state index in [4.69, 9.17) is 9.40 Å². The zero-order valence-corrected chi connectivity index (χ0v) is 19.4. The number of pyridine rings is 1. The minimum atomic E-state index is -1.40. The van der Waals surface area contributed by atoms with Crippen molar-refractivity contribution in [1.29, 1.82) is 0 Å². The maximum absolute atomic E-state index is 9.20. The lowest BCUT2D eigenvalue weighted by Gasteiger charge is -2.16. The Morgan fingerprint density at radius 2 is 1.52 bits per heavy atom. The maximum atomic E-state index is 9.20. The Kier molecular flexibility index (Phi) is 4.50. The summed E-state index contributed by atoms with van der Waals surface area (Å²) in [5.41, 5.74) is 5.30. The van der Waals surface area contributed by atoms with Crippen molar-refractivity contribution >= 4 is 35.2 Å². The van der Waals surface area contributed by atoms with Crippen molar-refractivity contribution < 1.29 is 5.79 Å². The Labute approximate surface area is 186 Å². The number of hydrogen-bond acceptors (Lipinski definition) is 2. The second kappa shape index (κ2) is 7.51. The largest absolute Gasteiger partial charge is 0.455 e. The molecule has 1 unspecified atom stereocenters. The summed E-state index contributed by atoms with van der Waals surface area (Å²) in [5.74, 6) is -0.925. The van der Waals surface area contributed by atoms with E-state index in [9.17, 15) is 1.37 Å². The van der Waals surface area contributed by atoms with Gasteiger partial charge in [0.2, 0.25) is 0 Å². The molecule has 5 aromatic rings. The average molecular weight is 423 g/mol. The van der Waals surface area contributed by atoms with Gasteiger partial charge in [-0.2, -0.15) is 0 Å². The van der Waals surface area contributed by atoms with Crippen LogP contribution in [0.1, 0.15) is 25.3 Å². The lowest BCUT2D eigenvalue weighted by atomic mass is 9.92. The van der Waals surface area contributed by atoms with Gasteiger partial charge in [0, 0.05) is 35.4 Å². The van der Waals surface area contributed by atoms with E-state index in [1.165, 1.54) is 5.19 Å². The van der Waals surface area contributed by atoms with Crippen LogP contribution in [-0.2, 0) is 0 Å². The van der Waals surface area contributed by atoms with Crippen molar-refractivity contribution in [1.82, 2.24) is 4.98 Å². The van der Waals surface area contributed by atoms with Crippen LogP contribution in [0.15, 0.2) is 89.5 Å². The van der Waals surface area contributed by atoms with E-state index in [0.29, 0.717) is 0 Å². The van der Waals surface area contributed by atoms with Crippen molar-refractivity contribution in [2.75, 3.05) is 0 Å². The monoisotopic (exact) mass is 422 g/mol. The molecule has 2 heterocycles. The molecule has 0 bridgehead atoms. The maximum Gasteiger partial charge on any atom is 0.144 e. The summed E-state index contributed by atoms with van der Waals surface area (Å²) in [5, 5.41) is 3.43. The molecular weight excluding hydrogens is 394 g/mol. The molecule has 0 saturated carbocycles. The van der Waals surface area contributed by atoms with Crippen molar-refractivity contribution in [2.24, 2.45) is 0 Å². The Bertz CT molecular complexity index is 1410. The number of nitrogens with zero attached hydrogens (tertiary/aromatic N) is 1. The summed E-state index contributed by atoms with van der Waals surface area (Å²) in [6, 6.07) is 26.6. The number of para-hydroxylation sites is 2. The molecule has 0 amide bonds. The first-order valence-corrected chi connectivity index (χ1v) is 14.2. The van der Waals surface area contributed by atoms with E-state index in [1.807, 2.05) is 55.6 Å². The molecule has 5 rings (SSSR count). The van der Waals surface area contributed by atoms with Gasteiger partial charge >= 0.3 is 0 Å². The predicted octanol–water partition coefficient (Wildman–Crippen LogP) is 7.35. The Morgan fingerprint density at radius 1 is 0.806 bits per heavy atom. The van der Waals surface area contributed by atoms with Crippen LogP contribution in [-0.4, -0.2) is 13.1 Å². The minimum absolute atomic E-state index is 0.773. The Morgan fingerprint density at radius 3 is 2.19 bits per heavy atom. The molecule has 0 aliphatic rings. The summed E-state index contributed by atoms with van der Waals surface area (Å²) >= 11 is 0. The summed E-state index contributed by atoms with van der Waals surface area (Å²) < 4.78 is 15.7. The predicted molar refractivity (Wildman–Crippen MR) is 134 cm³/mol. The highest BCUT2D eigenvalue weighted by molar-refractivity contribution is 6.88. The number of fused-ring (bicyclic) bond motifs is 3. The minimum Gasteiger partial charge on any atom is -0.455 e. The molecule has 0 aliphatic heterocycles. The molecule has 0 aliphatic carbocycles. The second-order valence-corrected chi connectivity index (χ2v) is 14.2. The molecule has 0 radical (unpaired) electrons. The van der Waals surface area contributed by atoms with Gasteiger partial charge in [0.15, 0.2) is 0 Å². The highest BCUT2D eigenvalue weighted by Crippen LogP contribution is 2.39. The van der Waals surface area contributed by atoms with Gasteiger partial charge in [-0.3, -0.25) is 4.98 Å². The number of hydrogen-bond donors (Lipinski definition) is 0. The van der Waals surface area contributed by atoms with Crippen LogP contribution in [0, 0.1) is 0 Å². The van der Waals surface area contributed by atoms with Crippen LogP contribution in [0.5, 0.6) is 0 Å². The van der Waals surface area contributed by atoms with Gasteiger partial charge in [0.25, 0.3) is 0 Å². The smallest absolute Gasteiger partial charge is 0.144 e. The number of aromatic nitrogens is 1. The van der Waals surface area contributed by atoms with Gasteiger partial charge < -0.3 is 4.42 Å². The van der Waals surface area contributed by atoms with Gasteiger partial charge in [-0.25, -0.2) is 0 Å². The van der Waals surface area contributed by atoms with Crippen LogP contribution in [0.2, 0.25) is 19.6 Å². The molecule has 0 spiro atoms. The first-order chi connectivity index (χ1) is 15.3. The standard InChI is InChI=1S/C28H27NOSi/c1-19(20-10-6-5-7-11-20)22-12-8-13-23-24-14-9-15-25(28(24)30-27(22)23)26-17-16-21(18-29-26)31(2,3)4/h5-19H,1-4H3/i19D. The van der Waals surface area contributed by atoms with Crippen LogP contribution in [0.4, 0.5) is 0 Å². The first-order valence-electron chi connectivity index (χ1n) is 11.2. The molecule has 2 aromatic heterocycles. The van der Waals surface area contributed by atoms with Crippen molar-refractivity contribution in [3.05, 3.63) is 96.2 Å². The van der Waals surface area contributed by atoms with Crippen molar-refractivity contribution in [3.63, 3.8) is 0 Å². The van der Waals surface area contributed by atoms with E-state index < -0.39 is 14.0 Å². The molecule has 154 valence electrons. The van der Waals surface area contributed by atoms with Crippen LogP contribution >= 0.6 is 0 Å². The topological polar surface area (TPSA) is 26.0 Å². The molecule has 0 fully saturated rings. The van der Waals surface area contributed by atoms with Crippen LogP contribution < -0.4 is 5.19 Å². The fraction of sp³-hybridized carbons (Fsp3) is 0.179. The fourth-order valence-corrected chi connectivity index (χ4v) is 5.19. The highest BCUT2D eigenvalue weighted by Gasteiger charge is 2.20. The molecule has 0 N–H and O–H groups in total. The third kappa shape index (κ3) is 3.49. The zero-order valence-electron chi connectivity index (χ0n) is 19.4. The molecule has 0 saturated heterocycles. The Hall–Kier alpha value is -3.17. The average Bonchev–Trinajstić information content (AvgIpc) is 3.18. The van der Waals surface area contributed by atoms with E-state index in [0.717, 1.165) is 44.3 Å². The molecule has 31 heavy (non-hydrogen) atoms. The van der Waals surface area contributed by atoms with Crippen LogP contribution in [0.3, 0.4) is 0 Å². The van der Waals surface area contributed by atoms with Gasteiger partial charge in [-0.05, 0) is 22.9 Å². The van der Waals surface area contributed by atoms with Crippen molar-refractivity contribution in [2.45, 2.75) is 32.5 Å². The summed E-state index contributed by atoms with van der Waals surface area (Å²) in [4.78, 5) is 4.79. The number of rotatable bonds is 4. The first kappa shape index (κ1) is 18.6. The number of furan rings is 1. The third-order valence-electron chi connectivity index (χ3n) is 6.04. The van der Waals surface area contributed by atoms with E-state index in [2.05, 4.69) is 56.0 Å². The normalized spacial score (nSPS) is 14.5. The highest BCUT2D eigenvalue weighted by atomic mass is 28.3. The zero-order chi connectivity index (χ0) is 22.5. The number of benzene rings is 3. The molecule has 3 heteroatoms. The Balaban J connectivity index is 1.71. The summed E-state index contributed by atoms with van der Waals surface area (Å²) in [6.07, 6.45) is 2.02. The van der Waals surface area contributed by atoms with Gasteiger partial charge in [-0.15, -0.1) is 0 Å². The molecule has 1 atom stereocenters. The molecular formula is C28H27NOSi. The van der Waals surface area contributed by atoms with Gasteiger partial charge in [0.1, 0.15) is 11.2 Å². The second-order valence-electron chi connectivity index (χ2n) is 9.14. The van der Waals surface area contributed by atoms with Crippen molar-refractivity contribution in [3.8, 4) is 11.3 Å². The fourth-order valence-electron chi connectivity index (χ4n) is 4.16. The summed E-state index contributed by atoms with van der Waals surface area (Å²) in [7, 11) is -1.40. The van der Waals surface area contributed by atoms with Crippen LogP contribution in [0.25, 0.3) is 33.2 Å². The quantitative estimate of drug-likeness (QED) is 0.283. The van der Waals surface area contributed by atoms with E-state index >= 15 is 0 Å². The third-order valence-corrected chi connectivity index (χ3v) is 8.07. The lowest BCUT2D eigenvalue weighted by Crippen LogP contribution is -2.37. The van der Waals surface area contributed by atoms with E-state index in [-0.39, 0.29) is 0 Å². The summed E-state index contributed by atoms with van der Waals surface area (Å²) in [6.45, 7) is 8.92. The van der Waals surface area contributed by atoms with Gasteiger partial charge in [-0.1, -0.05) is 93.3 Å². The lowest BCUT2D eigenvalue weighted by molar-refractivity contribution is 0.660. The van der Waals surface area contributed by atoms with E-state index in [1.54, 1.807) is 0 Å². The molecule has 3 aromatic carbocycles. The molecule has 2 nitrogen and oxygen atoms in total.